The van der Waals surface area contributed by atoms with E-state index in [-0.39, 0.29) is 32.6 Å². The highest BCUT2D eigenvalue weighted by molar-refractivity contribution is 7.47. The number of hydrogen-bond donors (Lipinski definition) is 2. The minimum Gasteiger partial charge on any atom is -0.462 e. The number of carbonyl (C=O) groups is 2. The van der Waals surface area contributed by atoms with E-state index in [4.69, 9.17) is 19.7 Å². The first-order chi connectivity index (χ1) is 13.3. The summed E-state index contributed by atoms with van der Waals surface area (Å²) in [6, 6.07) is 0. The molecule has 2 atom stereocenters. The molecule has 0 aliphatic carbocycles. The molecule has 0 saturated carbocycles. The summed E-state index contributed by atoms with van der Waals surface area (Å²) in [6.45, 7) is 3.19. The van der Waals surface area contributed by atoms with Crippen molar-refractivity contribution < 1.29 is 37.6 Å². The van der Waals surface area contributed by atoms with Crippen LogP contribution in [0.15, 0.2) is 0 Å². The number of hydrogen-bond acceptors (Lipinski definition) is 8. The summed E-state index contributed by atoms with van der Waals surface area (Å²) in [4.78, 5) is 33.1. The van der Waals surface area contributed by atoms with Gasteiger partial charge in [0.05, 0.1) is 13.2 Å². The molecule has 0 aromatic carbocycles. The highest BCUT2D eigenvalue weighted by Gasteiger charge is 2.25. The number of ether oxygens (including phenoxy) is 2. The van der Waals surface area contributed by atoms with Crippen LogP contribution < -0.4 is 5.73 Å². The fourth-order valence-corrected chi connectivity index (χ4v) is 3.02. The van der Waals surface area contributed by atoms with Gasteiger partial charge in [0.15, 0.2) is 6.10 Å². The quantitative estimate of drug-likeness (QED) is 0.193. The molecule has 1 unspecified atom stereocenters. The largest absolute Gasteiger partial charge is 0.472 e. The molecule has 0 heterocycles. The molecule has 10 heteroatoms. The lowest BCUT2D eigenvalue weighted by molar-refractivity contribution is -0.161. The van der Waals surface area contributed by atoms with Crippen molar-refractivity contribution in [3.8, 4) is 0 Å². The molecule has 0 radical (unpaired) electrons. The number of phosphoric acid groups is 1. The molecule has 0 amide bonds. The predicted octanol–water partition coefficient (Wildman–Crippen LogP) is 3.08. The molecule has 166 valence electrons. The van der Waals surface area contributed by atoms with Crippen molar-refractivity contribution >= 4 is 19.8 Å². The van der Waals surface area contributed by atoms with Crippen LogP contribution in [0.2, 0.25) is 0 Å². The third-order valence-corrected chi connectivity index (χ3v) is 4.70. The molecular weight excluding hydrogens is 389 g/mol. The summed E-state index contributed by atoms with van der Waals surface area (Å²) in [5, 5.41) is 0. The Balaban J connectivity index is 4.43. The van der Waals surface area contributed by atoms with Crippen molar-refractivity contribution in [3.63, 3.8) is 0 Å². The summed E-state index contributed by atoms with van der Waals surface area (Å²) >= 11 is 0. The van der Waals surface area contributed by atoms with Crippen LogP contribution in [0.1, 0.15) is 71.6 Å². The summed E-state index contributed by atoms with van der Waals surface area (Å²) in [7, 11) is -4.32. The summed E-state index contributed by atoms with van der Waals surface area (Å²) in [5.74, 6) is -0.905. The topological polar surface area (TPSA) is 134 Å². The van der Waals surface area contributed by atoms with Crippen molar-refractivity contribution in [2.24, 2.45) is 5.73 Å². The normalized spacial score (nSPS) is 14.3. The lowest BCUT2D eigenvalue weighted by Crippen LogP contribution is -2.29. The second-order valence-corrected chi connectivity index (χ2v) is 7.90. The number of esters is 2. The van der Waals surface area contributed by atoms with Gasteiger partial charge in [-0.2, -0.15) is 0 Å². The maximum Gasteiger partial charge on any atom is 0.472 e. The molecule has 0 bridgehead atoms. The number of unbranched alkanes of at least 4 members (excludes halogenated alkanes) is 5. The average Bonchev–Trinajstić information content (AvgIpc) is 2.65. The second kappa shape index (κ2) is 16.9. The van der Waals surface area contributed by atoms with Crippen LogP contribution in [-0.4, -0.2) is 49.3 Å². The van der Waals surface area contributed by atoms with Crippen LogP contribution in [0.3, 0.4) is 0 Å². The molecule has 0 saturated heterocycles. The zero-order valence-corrected chi connectivity index (χ0v) is 18.0. The number of nitrogens with two attached hydrogens (primary N) is 1. The van der Waals surface area contributed by atoms with Crippen LogP contribution in [0.5, 0.6) is 0 Å². The van der Waals surface area contributed by atoms with E-state index in [1.807, 2.05) is 6.92 Å². The Morgan fingerprint density at radius 1 is 0.929 bits per heavy atom. The smallest absolute Gasteiger partial charge is 0.462 e. The SMILES string of the molecule is CCCCCCCCC(=O)O[C@H](COC(=O)CCC)COP(=O)(O)OCCN. The predicted molar refractivity (Wildman–Crippen MR) is 105 cm³/mol. The highest BCUT2D eigenvalue weighted by atomic mass is 31.2. The zero-order valence-electron chi connectivity index (χ0n) is 17.1. The number of rotatable bonds is 18. The van der Waals surface area contributed by atoms with Crippen LogP contribution in [0.4, 0.5) is 0 Å². The Kier molecular flexibility index (Phi) is 16.3. The van der Waals surface area contributed by atoms with Crippen molar-refractivity contribution in [1.29, 1.82) is 0 Å². The van der Waals surface area contributed by atoms with Gasteiger partial charge in [-0.15, -0.1) is 0 Å². The van der Waals surface area contributed by atoms with Crippen molar-refractivity contribution in [2.45, 2.75) is 77.7 Å². The monoisotopic (exact) mass is 425 g/mol. The fraction of sp³-hybridized carbons (Fsp3) is 0.889. The third-order valence-electron chi connectivity index (χ3n) is 3.71. The fourth-order valence-electron chi connectivity index (χ4n) is 2.26. The van der Waals surface area contributed by atoms with Gasteiger partial charge in [0.25, 0.3) is 0 Å². The van der Waals surface area contributed by atoms with Gasteiger partial charge in [-0.25, -0.2) is 4.57 Å². The first-order valence-corrected chi connectivity index (χ1v) is 11.5. The molecule has 0 aliphatic rings. The minimum atomic E-state index is -4.32. The lowest BCUT2D eigenvalue weighted by atomic mass is 10.1. The van der Waals surface area contributed by atoms with E-state index in [0.29, 0.717) is 12.8 Å². The van der Waals surface area contributed by atoms with Gasteiger partial charge in [0.2, 0.25) is 0 Å². The van der Waals surface area contributed by atoms with E-state index in [1.165, 1.54) is 6.42 Å². The molecule has 0 fully saturated rings. The molecule has 0 rings (SSSR count). The van der Waals surface area contributed by atoms with Crippen LogP contribution in [0.25, 0.3) is 0 Å². The minimum absolute atomic E-state index is 0.0548. The maximum absolute atomic E-state index is 12.0. The van der Waals surface area contributed by atoms with Crippen molar-refractivity contribution in [1.82, 2.24) is 0 Å². The van der Waals surface area contributed by atoms with Gasteiger partial charge < -0.3 is 20.1 Å². The average molecular weight is 425 g/mol. The Morgan fingerprint density at radius 3 is 2.25 bits per heavy atom. The maximum atomic E-state index is 12.0. The van der Waals surface area contributed by atoms with Gasteiger partial charge in [-0.05, 0) is 12.8 Å². The molecule has 3 N–H and O–H groups in total. The van der Waals surface area contributed by atoms with E-state index in [2.05, 4.69) is 11.4 Å². The van der Waals surface area contributed by atoms with Crippen LogP contribution >= 0.6 is 7.82 Å². The van der Waals surface area contributed by atoms with Gasteiger partial charge >= 0.3 is 19.8 Å². The van der Waals surface area contributed by atoms with E-state index in [9.17, 15) is 19.0 Å². The van der Waals surface area contributed by atoms with Crippen LogP contribution in [0, 0.1) is 0 Å². The second-order valence-electron chi connectivity index (χ2n) is 6.45. The van der Waals surface area contributed by atoms with E-state index in [1.54, 1.807) is 0 Å². The molecule has 0 aromatic rings. The van der Waals surface area contributed by atoms with E-state index in [0.717, 1.165) is 25.7 Å². The first-order valence-electron chi connectivity index (χ1n) is 10.0. The molecule has 9 nitrogen and oxygen atoms in total. The van der Waals surface area contributed by atoms with Gasteiger partial charge in [-0.3, -0.25) is 18.6 Å². The Hall–Kier alpha value is -0.990. The summed E-state index contributed by atoms with van der Waals surface area (Å²) in [5.41, 5.74) is 5.21. The first kappa shape index (κ1) is 27.0. The Morgan fingerprint density at radius 2 is 1.61 bits per heavy atom. The van der Waals surface area contributed by atoms with E-state index < -0.39 is 32.5 Å². The third kappa shape index (κ3) is 16.0. The summed E-state index contributed by atoms with van der Waals surface area (Å²) < 4.78 is 31.4. The van der Waals surface area contributed by atoms with Crippen molar-refractivity contribution in [2.75, 3.05) is 26.4 Å². The molecule has 0 aliphatic heterocycles. The van der Waals surface area contributed by atoms with Gasteiger partial charge in [-0.1, -0.05) is 46.0 Å². The van der Waals surface area contributed by atoms with Crippen molar-refractivity contribution in [3.05, 3.63) is 0 Å². The molecule has 0 aromatic heterocycles. The standard InChI is InChI=1S/C18H36NO8P/c1-3-5-6-7-8-9-11-18(21)27-16(14-24-17(20)10-4-2)15-26-28(22,23)25-13-12-19/h16H,3-15,19H2,1-2H3,(H,22,23)/t16-/m1/s1. The Bertz CT molecular complexity index is 475. The summed E-state index contributed by atoms with van der Waals surface area (Å²) in [6.07, 6.45) is 6.27. The zero-order chi connectivity index (χ0) is 21.3. The number of carbonyl (C=O) groups excluding carboxylic acids is 2. The molecule has 28 heavy (non-hydrogen) atoms. The van der Waals surface area contributed by atoms with Gasteiger partial charge in [0, 0.05) is 19.4 Å². The van der Waals surface area contributed by atoms with E-state index >= 15 is 0 Å². The van der Waals surface area contributed by atoms with Crippen LogP contribution in [-0.2, 0) is 32.7 Å². The number of phosphoric ester groups is 1. The molecular formula is C18H36NO8P. The Labute approximate surface area is 167 Å². The highest BCUT2D eigenvalue weighted by Crippen LogP contribution is 2.43. The van der Waals surface area contributed by atoms with Gasteiger partial charge in [0.1, 0.15) is 6.61 Å². The molecule has 0 spiro atoms. The lowest BCUT2D eigenvalue weighted by Gasteiger charge is -2.19.